The van der Waals surface area contributed by atoms with Gasteiger partial charge in [0.1, 0.15) is 0 Å². The molecule has 0 amide bonds. The van der Waals surface area contributed by atoms with Gasteiger partial charge in [-0.1, -0.05) is 0 Å². The molecule has 0 bridgehead atoms. The van der Waals surface area contributed by atoms with Crippen molar-refractivity contribution in [3.63, 3.8) is 0 Å². The van der Waals surface area contributed by atoms with Crippen LogP contribution in [-0.2, 0) is 10.2 Å². The van der Waals surface area contributed by atoms with Gasteiger partial charge < -0.3 is 4.90 Å². The maximum atomic E-state index is 11.2. The van der Waals surface area contributed by atoms with Gasteiger partial charge in [0.05, 0.1) is 0 Å². The third-order valence-electron chi connectivity index (χ3n) is 1.47. The highest BCUT2D eigenvalue weighted by molar-refractivity contribution is 7.87. The number of hydrogen-bond acceptors (Lipinski definition) is 3. The molecule has 2 N–H and O–H groups in total. The molecule has 0 aromatic heterocycles. The summed E-state index contributed by atoms with van der Waals surface area (Å²) in [6.07, 6.45) is 0.812. The molecule has 6 heteroatoms. The summed E-state index contributed by atoms with van der Waals surface area (Å²) >= 11 is 0. The second kappa shape index (κ2) is 6.34. The SMILES string of the molecule is CC(C)NS(=O)(=O)NCCCN(C)C. The van der Waals surface area contributed by atoms with Crippen LogP contribution in [0.3, 0.4) is 0 Å². The number of rotatable bonds is 7. The third-order valence-corrected chi connectivity index (χ3v) is 2.83. The molecule has 0 spiro atoms. The molecule has 0 rings (SSSR count). The fourth-order valence-electron chi connectivity index (χ4n) is 0.954. The third kappa shape index (κ3) is 8.43. The quantitative estimate of drug-likeness (QED) is 0.586. The first-order chi connectivity index (χ1) is 6.33. The minimum atomic E-state index is -3.30. The average Bonchev–Trinajstić information content (AvgIpc) is 1.95. The Bertz CT molecular complexity index is 237. The van der Waals surface area contributed by atoms with Gasteiger partial charge in [0.25, 0.3) is 10.2 Å². The first-order valence-corrected chi connectivity index (χ1v) is 6.23. The van der Waals surface area contributed by atoms with Crippen LogP contribution in [0.2, 0.25) is 0 Å². The van der Waals surface area contributed by atoms with E-state index in [1.807, 2.05) is 19.0 Å². The predicted molar refractivity (Wildman–Crippen MR) is 58.4 cm³/mol. The zero-order valence-corrected chi connectivity index (χ0v) is 10.2. The van der Waals surface area contributed by atoms with Crippen LogP contribution >= 0.6 is 0 Å². The lowest BCUT2D eigenvalue weighted by Gasteiger charge is -2.12. The van der Waals surface area contributed by atoms with Crippen molar-refractivity contribution < 1.29 is 8.42 Å². The predicted octanol–water partition coefficient (Wildman–Crippen LogP) is -0.229. The second-order valence-corrected chi connectivity index (χ2v) is 5.36. The maximum absolute atomic E-state index is 11.2. The van der Waals surface area contributed by atoms with E-state index < -0.39 is 10.2 Å². The van der Waals surface area contributed by atoms with E-state index >= 15 is 0 Å². The van der Waals surface area contributed by atoms with Crippen molar-refractivity contribution in [2.75, 3.05) is 27.2 Å². The van der Waals surface area contributed by atoms with Gasteiger partial charge in [-0.25, -0.2) is 4.72 Å². The van der Waals surface area contributed by atoms with E-state index in [-0.39, 0.29) is 6.04 Å². The first kappa shape index (κ1) is 13.8. The molecule has 14 heavy (non-hydrogen) atoms. The van der Waals surface area contributed by atoms with Crippen molar-refractivity contribution in [2.24, 2.45) is 0 Å². The lowest BCUT2D eigenvalue weighted by Crippen LogP contribution is -2.41. The van der Waals surface area contributed by atoms with E-state index in [1.54, 1.807) is 13.8 Å². The van der Waals surface area contributed by atoms with Gasteiger partial charge >= 0.3 is 0 Å². The van der Waals surface area contributed by atoms with Crippen LogP contribution in [-0.4, -0.2) is 46.5 Å². The summed E-state index contributed by atoms with van der Waals surface area (Å²) in [5, 5.41) is 0. The Labute approximate surface area is 87.0 Å². The fraction of sp³-hybridized carbons (Fsp3) is 1.00. The van der Waals surface area contributed by atoms with Crippen LogP contribution in [0.4, 0.5) is 0 Å². The molecule has 0 aromatic carbocycles. The Balaban J connectivity index is 3.67. The van der Waals surface area contributed by atoms with Crippen molar-refractivity contribution in [1.82, 2.24) is 14.3 Å². The summed E-state index contributed by atoms with van der Waals surface area (Å²) in [6.45, 7) is 4.93. The molecular formula is C8H21N3O2S. The maximum Gasteiger partial charge on any atom is 0.277 e. The Kier molecular flexibility index (Phi) is 6.26. The molecule has 0 saturated heterocycles. The minimum absolute atomic E-state index is 0.0682. The zero-order chi connectivity index (χ0) is 11.2. The van der Waals surface area contributed by atoms with Crippen LogP contribution in [0.25, 0.3) is 0 Å². The normalized spacial score (nSPS) is 12.7. The lowest BCUT2D eigenvalue weighted by molar-refractivity contribution is 0.399. The fourth-order valence-corrected chi connectivity index (χ4v) is 2.07. The minimum Gasteiger partial charge on any atom is -0.309 e. The smallest absolute Gasteiger partial charge is 0.277 e. The van der Waals surface area contributed by atoms with Crippen LogP contribution in [0.15, 0.2) is 0 Å². The topological polar surface area (TPSA) is 61.4 Å². The molecule has 0 radical (unpaired) electrons. The molecule has 0 fully saturated rings. The van der Waals surface area contributed by atoms with Crippen molar-refractivity contribution in [2.45, 2.75) is 26.3 Å². The highest BCUT2D eigenvalue weighted by Gasteiger charge is 2.09. The van der Waals surface area contributed by atoms with Gasteiger partial charge in [-0.2, -0.15) is 13.1 Å². The highest BCUT2D eigenvalue weighted by atomic mass is 32.2. The summed E-state index contributed by atoms with van der Waals surface area (Å²) in [5.41, 5.74) is 0. The van der Waals surface area contributed by atoms with Crippen LogP contribution < -0.4 is 9.44 Å². The molecule has 0 aliphatic carbocycles. The molecule has 0 unspecified atom stereocenters. The summed E-state index contributed by atoms with van der Waals surface area (Å²) in [5.74, 6) is 0. The summed E-state index contributed by atoms with van der Waals surface area (Å²) in [7, 11) is 0.621. The Morgan fingerprint density at radius 3 is 2.29 bits per heavy atom. The second-order valence-electron chi connectivity index (χ2n) is 3.83. The standard InChI is InChI=1S/C8H21N3O2S/c1-8(2)10-14(12,13)9-6-5-7-11(3)4/h8-10H,5-7H2,1-4H3. The largest absolute Gasteiger partial charge is 0.309 e. The molecule has 5 nitrogen and oxygen atoms in total. The molecule has 0 heterocycles. The lowest BCUT2D eigenvalue weighted by atomic mass is 10.4. The van der Waals surface area contributed by atoms with Gasteiger partial charge in [-0.05, 0) is 40.9 Å². The summed E-state index contributed by atoms with van der Waals surface area (Å²) in [6, 6.07) is -0.0682. The monoisotopic (exact) mass is 223 g/mol. The van der Waals surface area contributed by atoms with Gasteiger partial charge in [-0.3, -0.25) is 0 Å². The Hall–Kier alpha value is -0.170. The average molecular weight is 223 g/mol. The van der Waals surface area contributed by atoms with Crippen LogP contribution in [0, 0.1) is 0 Å². The summed E-state index contributed by atoms with van der Waals surface area (Å²) < 4.78 is 27.4. The van der Waals surface area contributed by atoms with E-state index in [0.717, 1.165) is 13.0 Å². The van der Waals surface area contributed by atoms with Crippen LogP contribution in [0.1, 0.15) is 20.3 Å². The van der Waals surface area contributed by atoms with E-state index in [0.29, 0.717) is 6.54 Å². The number of hydrogen-bond donors (Lipinski definition) is 2. The molecular weight excluding hydrogens is 202 g/mol. The van der Waals surface area contributed by atoms with Gasteiger partial charge in [0, 0.05) is 12.6 Å². The molecule has 0 aliphatic rings. The Morgan fingerprint density at radius 2 is 1.86 bits per heavy atom. The van der Waals surface area contributed by atoms with E-state index in [4.69, 9.17) is 0 Å². The molecule has 0 aliphatic heterocycles. The van der Waals surface area contributed by atoms with Crippen molar-refractivity contribution in [3.05, 3.63) is 0 Å². The first-order valence-electron chi connectivity index (χ1n) is 4.75. The number of nitrogens with zero attached hydrogens (tertiary/aromatic N) is 1. The molecule has 86 valence electrons. The zero-order valence-electron chi connectivity index (χ0n) is 9.37. The van der Waals surface area contributed by atoms with E-state index in [1.165, 1.54) is 0 Å². The van der Waals surface area contributed by atoms with Gasteiger partial charge in [0.2, 0.25) is 0 Å². The van der Waals surface area contributed by atoms with Gasteiger partial charge in [0.15, 0.2) is 0 Å². The van der Waals surface area contributed by atoms with E-state index in [9.17, 15) is 8.42 Å². The molecule has 0 aromatic rings. The van der Waals surface area contributed by atoms with Crippen LogP contribution in [0.5, 0.6) is 0 Å². The van der Waals surface area contributed by atoms with Crippen molar-refractivity contribution in [3.8, 4) is 0 Å². The number of nitrogens with one attached hydrogen (secondary N) is 2. The summed E-state index contributed by atoms with van der Waals surface area (Å²) in [4.78, 5) is 2.02. The van der Waals surface area contributed by atoms with Gasteiger partial charge in [-0.15, -0.1) is 0 Å². The van der Waals surface area contributed by atoms with E-state index in [2.05, 4.69) is 9.44 Å². The Morgan fingerprint density at radius 1 is 1.29 bits per heavy atom. The van der Waals surface area contributed by atoms with Crippen molar-refractivity contribution >= 4 is 10.2 Å². The molecule has 0 atom stereocenters. The molecule has 0 saturated carbocycles. The van der Waals surface area contributed by atoms with Crippen molar-refractivity contribution in [1.29, 1.82) is 0 Å². The highest BCUT2D eigenvalue weighted by Crippen LogP contribution is 1.86.